The first-order chi connectivity index (χ1) is 8.60. The van der Waals surface area contributed by atoms with Crippen molar-refractivity contribution in [3.8, 4) is 11.6 Å². The minimum Gasteiger partial charge on any atom is -0.437 e. The lowest BCUT2D eigenvalue weighted by Gasteiger charge is -2.09. The summed E-state index contributed by atoms with van der Waals surface area (Å²) < 4.78 is 5.63. The number of pyridine rings is 1. The van der Waals surface area contributed by atoms with E-state index in [9.17, 15) is 0 Å². The monoisotopic (exact) mass is 283 g/mol. The van der Waals surface area contributed by atoms with Crippen LogP contribution in [0.1, 0.15) is 18.3 Å². The summed E-state index contributed by atoms with van der Waals surface area (Å²) in [5.74, 6) is 1.58. The molecule has 0 bridgehead atoms. The van der Waals surface area contributed by atoms with Crippen LogP contribution in [0.3, 0.4) is 0 Å². The molecule has 0 saturated heterocycles. The highest BCUT2D eigenvalue weighted by Gasteiger charge is 2.11. The van der Waals surface area contributed by atoms with Crippen LogP contribution in [0.15, 0.2) is 18.5 Å². The standard InChI is InChI=1S/C12H11Cl2N3O/c1-3-10-16-11(14)7(2)12(17-10)18-9-4-8(13)5-15-6-9/h4-6H,3H2,1-2H3. The normalized spacial score (nSPS) is 10.4. The van der Waals surface area contributed by atoms with Gasteiger partial charge in [0, 0.05) is 24.2 Å². The van der Waals surface area contributed by atoms with Gasteiger partial charge in [-0.05, 0) is 6.92 Å². The third kappa shape index (κ3) is 2.89. The van der Waals surface area contributed by atoms with E-state index in [1.54, 1.807) is 19.2 Å². The van der Waals surface area contributed by atoms with Gasteiger partial charge in [0.25, 0.3) is 0 Å². The van der Waals surface area contributed by atoms with Crippen LogP contribution in [-0.4, -0.2) is 15.0 Å². The van der Waals surface area contributed by atoms with E-state index in [0.29, 0.717) is 39.6 Å². The first-order valence-corrected chi connectivity index (χ1v) is 6.17. The molecule has 2 heterocycles. The molecule has 6 heteroatoms. The molecule has 4 nitrogen and oxygen atoms in total. The Labute approximate surface area is 115 Å². The van der Waals surface area contributed by atoms with E-state index in [1.807, 2.05) is 6.92 Å². The van der Waals surface area contributed by atoms with Crippen molar-refractivity contribution in [3.63, 3.8) is 0 Å². The van der Waals surface area contributed by atoms with Gasteiger partial charge in [-0.2, -0.15) is 4.98 Å². The van der Waals surface area contributed by atoms with Gasteiger partial charge < -0.3 is 4.74 Å². The Morgan fingerprint density at radius 3 is 2.67 bits per heavy atom. The molecule has 0 spiro atoms. The molecule has 0 amide bonds. The maximum absolute atomic E-state index is 6.02. The van der Waals surface area contributed by atoms with Crippen molar-refractivity contribution in [2.75, 3.05) is 0 Å². The molecular weight excluding hydrogens is 273 g/mol. The van der Waals surface area contributed by atoms with Crippen LogP contribution in [-0.2, 0) is 6.42 Å². The second-order valence-corrected chi connectivity index (χ2v) is 4.45. The Morgan fingerprint density at radius 2 is 2.00 bits per heavy atom. The summed E-state index contributed by atoms with van der Waals surface area (Å²) in [5.41, 5.74) is 0.689. The zero-order valence-corrected chi connectivity index (χ0v) is 11.5. The molecule has 2 aromatic rings. The van der Waals surface area contributed by atoms with E-state index >= 15 is 0 Å². The third-order valence-corrected chi connectivity index (χ3v) is 2.87. The SMILES string of the molecule is CCc1nc(Cl)c(C)c(Oc2cncc(Cl)c2)n1. The summed E-state index contributed by atoms with van der Waals surface area (Å²) in [7, 11) is 0. The van der Waals surface area contributed by atoms with Gasteiger partial charge in [0.2, 0.25) is 5.88 Å². The van der Waals surface area contributed by atoms with Crippen LogP contribution < -0.4 is 4.74 Å². The number of aryl methyl sites for hydroxylation is 1. The number of hydrogen-bond acceptors (Lipinski definition) is 4. The third-order valence-electron chi connectivity index (χ3n) is 2.30. The number of nitrogens with zero attached hydrogens (tertiary/aromatic N) is 3. The molecule has 0 N–H and O–H groups in total. The number of hydrogen-bond donors (Lipinski definition) is 0. The van der Waals surface area contributed by atoms with Gasteiger partial charge in [-0.3, -0.25) is 4.98 Å². The Hall–Kier alpha value is -1.39. The van der Waals surface area contributed by atoms with Gasteiger partial charge >= 0.3 is 0 Å². The zero-order chi connectivity index (χ0) is 13.1. The van der Waals surface area contributed by atoms with Crippen molar-refractivity contribution >= 4 is 23.2 Å². The lowest BCUT2D eigenvalue weighted by molar-refractivity contribution is 0.452. The number of ether oxygens (including phenoxy) is 1. The van der Waals surface area contributed by atoms with E-state index in [2.05, 4.69) is 15.0 Å². The number of aromatic nitrogens is 3. The molecule has 0 aliphatic heterocycles. The fourth-order valence-corrected chi connectivity index (χ4v) is 1.67. The Balaban J connectivity index is 2.36. The van der Waals surface area contributed by atoms with E-state index in [-0.39, 0.29) is 0 Å². The zero-order valence-electron chi connectivity index (χ0n) is 9.94. The van der Waals surface area contributed by atoms with Gasteiger partial charge in [-0.15, -0.1) is 0 Å². The molecule has 18 heavy (non-hydrogen) atoms. The molecule has 0 radical (unpaired) electrons. The molecule has 0 aliphatic carbocycles. The maximum atomic E-state index is 6.02. The van der Waals surface area contributed by atoms with Crippen LogP contribution in [0, 0.1) is 6.92 Å². The van der Waals surface area contributed by atoms with Crippen LogP contribution in [0.4, 0.5) is 0 Å². The first-order valence-electron chi connectivity index (χ1n) is 5.41. The summed E-state index contributed by atoms with van der Waals surface area (Å²) in [5, 5.41) is 0.896. The fraction of sp³-hybridized carbons (Fsp3) is 0.250. The van der Waals surface area contributed by atoms with Crippen LogP contribution in [0.2, 0.25) is 10.2 Å². The van der Waals surface area contributed by atoms with Gasteiger partial charge in [0.15, 0.2) is 0 Å². The van der Waals surface area contributed by atoms with Gasteiger partial charge in [-0.1, -0.05) is 30.1 Å². The molecule has 0 aromatic carbocycles. The van der Waals surface area contributed by atoms with Crippen molar-refractivity contribution in [1.29, 1.82) is 0 Å². The first kappa shape index (κ1) is 13.1. The van der Waals surface area contributed by atoms with E-state index in [0.717, 1.165) is 0 Å². The lowest BCUT2D eigenvalue weighted by Crippen LogP contribution is -2.00. The summed E-state index contributed by atoms with van der Waals surface area (Å²) in [6.07, 6.45) is 3.78. The highest BCUT2D eigenvalue weighted by atomic mass is 35.5. The van der Waals surface area contributed by atoms with Crippen molar-refractivity contribution in [2.45, 2.75) is 20.3 Å². The topological polar surface area (TPSA) is 47.9 Å². The number of rotatable bonds is 3. The molecule has 94 valence electrons. The predicted molar refractivity (Wildman–Crippen MR) is 70.5 cm³/mol. The predicted octanol–water partition coefficient (Wildman–Crippen LogP) is 3.84. The van der Waals surface area contributed by atoms with Crippen molar-refractivity contribution in [2.24, 2.45) is 0 Å². The average molecular weight is 284 g/mol. The number of halogens is 2. The van der Waals surface area contributed by atoms with Crippen LogP contribution in [0.25, 0.3) is 0 Å². The van der Waals surface area contributed by atoms with Crippen molar-refractivity contribution in [1.82, 2.24) is 15.0 Å². The summed E-state index contributed by atoms with van der Waals surface area (Å²) >= 11 is 11.9. The molecule has 0 saturated carbocycles. The van der Waals surface area contributed by atoms with E-state index in [1.165, 1.54) is 6.20 Å². The van der Waals surface area contributed by atoms with E-state index in [4.69, 9.17) is 27.9 Å². The van der Waals surface area contributed by atoms with Gasteiger partial charge in [0.05, 0.1) is 11.2 Å². The summed E-state index contributed by atoms with van der Waals surface area (Å²) in [4.78, 5) is 12.4. The van der Waals surface area contributed by atoms with Gasteiger partial charge in [0.1, 0.15) is 16.7 Å². The second-order valence-electron chi connectivity index (χ2n) is 3.66. The van der Waals surface area contributed by atoms with Crippen LogP contribution >= 0.6 is 23.2 Å². The summed E-state index contributed by atoms with van der Waals surface area (Å²) in [6.45, 7) is 3.75. The minimum atomic E-state index is 0.395. The Kier molecular flexibility index (Phi) is 3.99. The molecular formula is C12H11Cl2N3O. The molecule has 2 aromatic heterocycles. The molecule has 0 atom stereocenters. The van der Waals surface area contributed by atoms with Crippen LogP contribution in [0.5, 0.6) is 11.6 Å². The van der Waals surface area contributed by atoms with Crippen molar-refractivity contribution < 1.29 is 4.74 Å². The highest BCUT2D eigenvalue weighted by Crippen LogP contribution is 2.27. The van der Waals surface area contributed by atoms with Crippen molar-refractivity contribution in [3.05, 3.63) is 40.0 Å². The minimum absolute atomic E-state index is 0.395. The largest absolute Gasteiger partial charge is 0.437 e. The lowest BCUT2D eigenvalue weighted by atomic mass is 10.3. The molecule has 0 unspecified atom stereocenters. The van der Waals surface area contributed by atoms with E-state index < -0.39 is 0 Å². The quantitative estimate of drug-likeness (QED) is 0.803. The Morgan fingerprint density at radius 1 is 1.22 bits per heavy atom. The second kappa shape index (κ2) is 5.50. The highest BCUT2D eigenvalue weighted by molar-refractivity contribution is 6.30. The summed E-state index contributed by atoms with van der Waals surface area (Å²) in [6, 6.07) is 1.66. The van der Waals surface area contributed by atoms with Gasteiger partial charge in [-0.25, -0.2) is 4.98 Å². The maximum Gasteiger partial charge on any atom is 0.227 e. The molecule has 2 rings (SSSR count). The fourth-order valence-electron chi connectivity index (χ4n) is 1.33. The Bertz CT molecular complexity index is 575. The smallest absolute Gasteiger partial charge is 0.227 e. The average Bonchev–Trinajstić information content (AvgIpc) is 2.34. The molecule has 0 aliphatic rings. The molecule has 0 fully saturated rings.